The predicted molar refractivity (Wildman–Crippen MR) is 306 cm³/mol. The molecule has 9 rings (SSSR count). The van der Waals surface area contributed by atoms with E-state index in [0.717, 1.165) is 166 Å². The second-order valence-electron chi connectivity index (χ2n) is 21.4. The minimum absolute atomic E-state index is 0.183. The van der Waals surface area contributed by atoms with Crippen molar-refractivity contribution in [3.8, 4) is 11.4 Å². The summed E-state index contributed by atoms with van der Waals surface area (Å²) in [5.41, 5.74) is 4.27. The molecule has 6 aromatic carbocycles. The van der Waals surface area contributed by atoms with E-state index in [2.05, 4.69) is 44.4 Å². The van der Waals surface area contributed by atoms with E-state index in [1.807, 2.05) is 54.6 Å². The Morgan fingerprint density at radius 3 is 1.40 bits per heavy atom. The third-order valence-electron chi connectivity index (χ3n) is 16.8. The van der Waals surface area contributed by atoms with E-state index in [0.29, 0.717) is 68.9 Å². The molecule has 1 aromatic heterocycles. The van der Waals surface area contributed by atoms with Crippen LogP contribution in [0.5, 0.6) is 0 Å². The largest absolute Gasteiger partial charge is 0.500 e. The zero-order valence-electron chi connectivity index (χ0n) is 45.9. The molecule has 2 aliphatic heterocycles. The maximum absolute atomic E-state index is 16.1. The molecule has 2 aliphatic rings. The minimum Gasteiger partial charge on any atom is -0.377 e. The second kappa shape index (κ2) is 24.2. The molecule has 0 aliphatic carbocycles. The highest BCUT2D eigenvalue weighted by Gasteiger charge is 2.43. The molecule has 0 saturated carbocycles. The molecule has 75 heavy (non-hydrogen) atoms. The molecule has 0 spiro atoms. The maximum atomic E-state index is 16.1. The van der Waals surface area contributed by atoms with Gasteiger partial charge < -0.3 is 17.8 Å². The van der Waals surface area contributed by atoms with Crippen LogP contribution in [-0.2, 0) is 19.8 Å². The van der Waals surface area contributed by atoms with Gasteiger partial charge >= 0.3 is 8.80 Å². The van der Waals surface area contributed by atoms with Crippen LogP contribution in [0.25, 0.3) is 65.5 Å². The first kappa shape index (κ1) is 54.3. The van der Waals surface area contributed by atoms with Crippen molar-refractivity contribution in [2.24, 2.45) is 0 Å². The molecule has 12 heteroatoms. The SMILES string of the molecule is CCCCCCC(CCCCCC)N1C(=O)c2ccc3c4ccc5c6c(c7c(nc(-c8ccccc8)n7CCC[Si](OC)(OC)OC)c(c7ccc(c2c37)C1=O)c64)C(=O)N(C(CCCCCC)CCCCCC)C5=O. The Hall–Kier alpha value is -5.53. The van der Waals surface area contributed by atoms with Crippen LogP contribution in [0, 0.1) is 0 Å². The number of rotatable bonds is 30. The molecule has 3 heterocycles. The number of carbonyl (C=O) groups excluding carboxylic acids is 4. The summed E-state index contributed by atoms with van der Waals surface area (Å²) in [4.78, 5) is 70.7. The van der Waals surface area contributed by atoms with Gasteiger partial charge in [-0.15, -0.1) is 0 Å². The van der Waals surface area contributed by atoms with Gasteiger partial charge in [0.25, 0.3) is 23.6 Å². The van der Waals surface area contributed by atoms with Crippen molar-refractivity contribution in [2.45, 2.75) is 187 Å². The molecular weight excluding hydrogens is 953 g/mol. The molecule has 0 radical (unpaired) electrons. The average molecular weight is 1030 g/mol. The van der Waals surface area contributed by atoms with Gasteiger partial charge in [0.2, 0.25) is 0 Å². The Balaban J connectivity index is 1.31. The van der Waals surface area contributed by atoms with Crippen LogP contribution in [-0.4, -0.2) is 85.2 Å². The minimum atomic E-state index is -3.02. The van der Waals surface area contributed by atoms with Crippen molar-refractivity contribution < 1.29 is 32.5 Å². The number of hydrogen-bond donors (Lipinski definition) is 0. The first-order valence-electron chi connectivity index (χ1n) is 28.7. The summed E-state index contributed by atoms with van der Waals surface area (Å²) in [5.74, 6) is -0.305. The summed E-state index contributed by atoms with van der Waals surface area (Å²) >= 11 is 0. The highest BCUT2D eigenvalue weighted by molar-refractivity contribution is 6.60. The molecule has 0 atom stereocenters. The summed E-state index contributed by atoms with van der Waals surface area (Å²) < 4.78 is 19.9. The second-order valence-corrected chi connectivity index (χ2v) is 24.5. The zero-order chi connectivity index (χ0) is 52.8. The molecule has 398 valence electrons. The first-order valence-corrected chi connectivity index (χ1v) is 30.7. The van der Waals surface area contributed by atoms with Crippen LogP contribution in [0.3, 0.4) is 0 Å². The molecule has 0 saturated heterocycles. The number of imidazole rings is 1. The molecule has 0 fully saturated rings. The van der Waals surface area contributed by atoms with Gasteiger partial charge in [-0.05, 0) is 71.8 Å². The van der Waals surface area contributed by atoms with Crippen molar-refractivity contribution in [1.82, 2.24) is 19.4 Å². The molecular formula is C63H80N4O7Si. The van der Waals surface area contributed by atoms with E-state index in [1.54, 1.807) is 31.1 Å². The molecule has 0 unspecified atom stereocenters. The van der Waals surface area contributed by atoms with Gasteiger partial charge in [-0.1, -0.05) is 179 Å². The van der Waals surface area contributed by atoms with Crippen LogP contribution in [0.4, 0.5) is 0 Å². The highest BCUT2D eigenvalue weighted by Crippen LogP contribution is 2.51. The third kappa shape index (κ3) is 10.1. The Morgan fingerprint density at radius 1 is 0.467 bits per heavy atom. The van der Waals surface area contributed by atoms with Gasteiger partial charge in [-0.2, -0.15) is 0 Å². The van der Waals surface area contributed by atoms with Crippen molar-refractivity contribution >= 4 is 86.6 Å². The number of benzene rings is 6. The number of nitrogens with zero attached hydrogens (tertiary/aromatic N) is 4. The van der Waals surface area contributed by atoms with Crippen molar-refractivity contribution in [1.29, 1.82) is 0 Å². The van der Waals surface area contributed by atoms with Crippen molar-refractivity contribution in [3.63, 3.8) is 0 Å². The number of amides is 4. The van der Waals surface area contributed by atoms with Crippen LogP contribution in [0.1, 0.15) is 204 Å². The third-order valence-corrected chi connectivity index (χ3v) is 19.6. The van der Waals surface area contributed by atoms with E-state index in [9.17, 15) is 0 Å². The highest BCUT2D eigenvalue weighted by atomic mass is 28.4. The fourth-order valence-corrected chi connectivity index (χ4v) is 14.5. The van der Waals surface area contributed by atoms with E-state index < -0.39 is 8.80 Å². The quantitative estimate of drug-likeness (QED) is 0.0144. The maximum Gasteiger partial charge on any atom is 0.500 e. The average Bonchev–Trinajstić information content (AvgIpc) is 3.81. The summed E-state index contributed by atoms with van der Waals surface area (Å²) in [5, 5.41) is 6.29. The van der Waals surface area contributed by atoms with Crippen LogP contribution in [0.2, 0.25) is 6.04 Å². The van der Waals surface area contributed by atoms with Crippen LogP contribution < -0.4 is 0 Å². The van der Waals surface area contributed by atoms with E-state index in [4.69, 9.17) is 18.3 Å². The lowest BCUT2D eigenvalue weighted by Crippen LogP contribution is -2.47. The number of fused-ring (bicyclic) bond motifs is 5. The van der Waals surface area contributed by atoms with Gasteiger partial charge in [0.05, 0.1) is 16.6 Å². The molecule has 4 amide bonds. The number of aryl methyl sites for hydroxylation is 1. The van der Waals surface area contributed by atoms with Crippen LogP contribution >= 0.6 is 0 Å². The number of imide groups is 2. The predicted octanol–water partition coefficient (Wildman–Crippen LogP) is 15.8. The summed E-state index contributed by atoms with van der Waals surface area (Å²) in [7, 11) is 1.86. The fourth-order valence-electron chi connectivity index (χ4n) is 12.8. The topological polar surface area (TPSA) is 120 Å². The van der Waals surface area contributed by atoms with E-state index >= 15 is 19.2 Å². The molecule has 0 bridgehead atoms. The fraction of sp³-hybridized carbons (Fsp3) is 0.508. The summed E-state index contributed by atoms with van der Waals surface area (Å²) in [6.45, 7) is 9.26. The monoisotopic (exact) mass is 1030 g/mol. The standard InChI is InChI=1S/C63H80N4O7Si/c1-8-12-16-23-30-43(31-24-17-13-9-2)66-60(68)48-37-34-45-46-35-38-50-54-53(46)55(47-36-39-49(61(66)69)52(48)51(45)47)57-58(56(54)63(71)67(62(50)70)44(32-25-18-14-10-3)33-26-19-15-11-4)65(40-27-41-75(72-5,73-6)74-7)59(64-57)42-28-21-20-22-29-42/h20-22,28-29,34-39,43-44H,8-19,23-27,30-33,40-41H2,1-7H3. The lowest BCUT2D eigenvalue weighted by atomic mass is 9.81. The first-order chi connectivity index (χ1) is 36.6. The van der Waals surface area contributed by atoms with E-state index in [1.165, 1.54) is 0 Å². The van der Waals surface area contributed by atoms with Gasteiger partial charge in [-0.25, -0.2) is 4.98 Å². The smallest absolute Gasteiger partial charge is 0.377 e. The Bertz CT molecular complexity index is 3130. The Kier molecular flexibility index (Phi) is 17.5. The van der Waals surface area contributed by atoms with Gasteiger partial charge in [0.1, 0.15) is 5.82 Å². The zero-order valence-corrected chi connectivity index (χ0v) is 46.9. The number of carbonyl (C=O) groups is 4. The lowest BCUT2D eigenvalue weighted by Gasteiger charge is -2.36. The normalized spacial score (nSPS) is 14.1. The summed E-state index contributed by atoms with van der Waals surface area (Å²) in [6.07, 6.45) is 20.6. The molecule has 0 N–H and O–H groups in total. The Morgan fingerprint density at radius 2 is 0.920 bits per heavy atom. The van der Waals surface area contributed by atoms with Crippen LogP contribution in [0.15, 0.2) is 66.7 Å². The number of hydrogen-bond acceptors (Lipinski definition) is 8. The van der Waals surface area contributed by atoms with Gasteiger partial charge in [0.15, 0.2) is 0 Å². The number of aromatic nitrogens is 2. The van der Waals surface area contributed by atoms with Crippen molar-refractivity contribution in [3.05, 3.63) is 89.0 Å². The summed E-state index contributed by atoms with van der Waals surface area (Å²) in [6, 6.07) is 22.0. The molecule has 7 aromatic rings. The lowest BCUT2D eigenvalue weighted by molar-refractivity contribution is 0.0502. The number of unbranched alkanes of at least 4 members (excludes halogenated alkanes) is 12. The Labute approximate surface area is 445 Å². The van der Waals surface area contributed by atoms with Gasteiger partial charge in [-0.3, -0.25) is 29.0 Å². The molecule has 11 nitrogen and oxygen atoms in total. The van der Waals surface area contributed by atoms with E-state index in [-0.39, 0.29) is 35.7 Å². The van der Waals surface area contributed by atoms with Gasteiger partial charge in [0, 0.05) is 89.8 Å². The van der Waals surface area contributed by atoms with Crippen molar-refractivity contribution in [2.75, 3.05) is 21.3 Å².